The van der Waals surface area contributed by atoms with Gasteiger partial charge in [0.2, 0.25) is 0 Å². The first kappa shape index (κ1) is 12.5. The summed E-state index contributed by atoms with van der Waals surface area (Å²) in [7, 11) is -0.699. The molecular weight excluding hydrogens is 278 g/mol. The summed E-state index contributed by atoms with van der Waals surface area (Å²) in [5, 5.41) is 10.8. The first-order valence-electron chi connectivity index (χ1n) is 4.53. The molecule has 84 valence electrons. The number of para-hydroxylation sites is 1. The molecule has 0 aliphatic carbocycles. The van der Waals surface area contributed by atoms with E-state index in [0.717, 1.165) is 4.90 Å². The Bertz CT molecular complexity index is 376. The lowest BCUT2D eigenvalue weighted by Crippen LogP contribution is -2.11. The van der Waals surface area contributed by atoms with E-state index < -0.39 is 9.33 Å². The number of hydrogen-bond acceptors (Lipinski definition) is 2. The summed E-state index contributed by atoms with van der Waals surface area (Å²) in [5.74, 6) is 0. The predicted molar refractivity (Wildman–Crippen MR) is 69.0 cm³/mol. The zero-order valence-electron chi connectivity index (χ0n) is 8.90. The van der Waals surface area contributed by atoms with Crippen LogP contribution < -0.4 is 0 Å². The van der Waals surface area contributed by atoms with Crippen LogP contribution in [0.4, 0.5) is 5.69 Å². The molecule has 0 radical (unpaired) electrons. The van der Waals surface area contributed by atoms with Crippen molar-refractivity contribution in [2.75, 3.05) is 0 Å². The van der Waals surface area contributed by atoms with Gasteiger partial charge in [0.15, 0.2) is 0 Å². The van der Waals surface area contributed by atoms with Crippen molar-refractivity contribution in [1.82, 2.24) is 0 Å². The van der Waals surface area contributed by atoms with Gasteiger partial charge in [-0.2, -0.15) is 9.33 Å². The van der Waals surface area contributed by atoms with Crippen LogP contribution in [0, 0.1) is 10.1 Å². The highest BCUT2D eigenvalue weighted by molar-refractivity contribution is 9.54. The molecule has 0 fully saturated rings. The summed E-state index contributed by atoms with van der Waals surface area (Å²) < 4.78 is 0.0153. The molecule has 3 nitrogen and oxygen atoms in total. The monoisotopic (exact) mass is 291 g/mol. The maximum absolute atomic E-state index is 10.8. The average Bonchev–Trinajstić information content (AvgIpc) is 2.15. The maximum atomic E-state index is 10.8. The molecule has 1 atom stereocenters. The summed E-state index contributed by atoms with van der Waals surface area (Å²) >= 11 is 3.59. The van der Waals surface area contributed by atoms with Gasteiger partial charge < -0.3 is 0 Å². The van der Waals surface area contributed by atoms with Crippen LogP contribution in [0.15, 0.2) is 29.2 Å². The summed E-state index contributed by atoms with van der Waals surface area (Å²) in [6.45, 7) is 6.22. The van der Waals surface area contributed by atoms with Gasteiger partial charge in [-0.3, -0.25) is 10.1 Å². The van der Waals surface area contributed by atoms with E-state index >= 15 is 0 Å². The predicted octanol–water partition coefficient (Wildman–Crippen LogP) is 4.06. The smallest absolute Gasteiger partial charge is 0.258 e. The van der Waals surface area contributed by atoms with E-state index in [1.807, 2.05) is 12.1 Å². The highest BCUT2D eigenvalue weighted by Gasteiger charge is 2.25. The maximum Gasteiger partial charge on any atom is 0.281 e. The van der Waals surface area contributed by atoms with Gasteiger partial charge in [0.25, 0.3) is 5.69 Å². The molecule has 0 spiro atoms. The number of halogens is 1. The Labute approximate surface area is 99.6 Å². The molecule has 0 bridgehead atoms. The summed E-state index contributed by atoms with van der Waals surface area (Å²) in [4.78, 5) is 11.3. The molecule has 0 saturated heterocycles. The van der Waals surface area contributed by atoms with E-state index in [-0.39, 0.29) is 15.4 Å². The molecule has 0 saturated carbocycles. The zero-order valence-corrected chi connectivity index (χ0v) is 11.4. The summed E-state index contributed by atoms with van der Waals surface area (Å²) in [6.07, 6.45) is 0. The molecule has 0 aliphatic rings. The summed E-state index contributed by atoms with van der Waals surface area (Å²) in [5.41, 5.74) is 0.204. The normalized spacial score (nSPS) is 14.8. The second-order valence-electron chi connectivity index (χ2n) is 4.20. The van der Waals surface area contributed by atoms with Crippen LogP contribution in [-0.4, -0.2) is 9.67 Å². The van der Waals surface area contributed by atoms with Crippen molar-refractivity contribution in [3.05, 3.63) is 34.4 Å². The number of nitrogens with zero attached hydrogens (tertiary/aromatic N) is 1. The van der Waals surface area contributed by atoms with Crippen LogP contribution in [0.3, 0.4) is 0 Å². The van der Waals surface area contributed by atoms with Crippen molar-refractivity contribution in [2.45, 2.75) is 30.4 Å². The Balaban J connectivity index is 3.19. The number of rotatable bonds is 2. The van der Waals surface area contributed by atoms with Gasteiger partial charge in [0.05, 0.1) is 9.82 Å². The van der Waals surface area contributed by atoms with Crippen LogP contribution in [0.2, 0.25) is 0 Å². The highest BCUT2D eigenvalue weighted by Crippen LogP contribution is 2.56. The zero-order chi connectivity index (χ0) is 11.6. The van der Waals surface area contributed by atoms with E-state index in [4.69, 9.17) is 0 Å². The lowest BCUT2D eigenvalue weighted by Gasteiger charge is -2.29. The quantitative estimate of drug-likeness (QED) is 0.507. The molecule has 1 aromatic carbocycles. The van der Waals surface area contributed by atoms with Crippen molar-refractivity contribution in [2.24, 2.45) is 0 Å². The molecule has 0 aliphatic heterocycles. The minimum Gasteiger partial charge on any atom is -0.258 e. The van der Waals surface area contributed by atoms with Crippen molar-refractivity contribution in [3.8, 4) is 0 Å². The fourth-order valence-electron chi connectivity index (χ4n) is 1.15. The molecule has 0 aromatic heterocycles. The second-order valence-corrected chi connectivity index (χ2v) is 8.71. The third kappa shape index (κ3) is 2.95. The summed E-state index contributed by atoms with van der Waals surface area (Å²) in [6, 6.07) is 6.91. The average molecular weight is 292 g/mol. The Morgan fingerprint density at radius 2 is 1.87 bits per heavy atom. The fraction of sp³-hybridized carbons (Fsp3) is 0.400. The van der Waals surface area contributed by atoms with E-state index in [1.54, 1.807) is 12.1 Å². The molecular formula is C10H14BrNO2S. The van der Waals surface area contributed by atoms with Gasteiger partial charge in [-0.1, -0.05) is 32.9 Å². The minimum absolute atomic E-state index is 0.0153. The second kappa shape index (κ2) is 4.53. The van der Waals surface area contributed by atoms with Gasteiger partial charge in [-0.25, -0.2) is 0 Å². The third-order valence-corrected chi connectivity index (χ3v) is 8.20. The first-order chi connectivity index (χ1) is 6.84. The number of nitro groups is 1. The molecule has 0 N–H and O–H groups in total. The highest BCUT2D eigenvalue weighted by atomic mass is 79.9. The Hall–Kier alpha value is -0.550. The van der Waals surface area contributed by atoms with E-state index in [0.29, 0.717) is 0 Å². The van der Waals surface area contributed by atoms with Crippen molar-refractivity contribution in [1.29, 1.82) is 0 Å². The molecule has 0 amide bonds. The Morgan fingerprint density at radius 1 is 1.33 bits per heavy atom. The van der Waals surface area contributed by atoms with Gasteiger partial charge in [0.1, 0.15) is 0 Å². The fourth-order valence-corrected chi connectivity index (χ4v) is 3.34. The van der Waals surface area contributed by atoms with Gasteiger partial charge in [0, 0.05) is 10.8 Å². The molecule has 15 heavy (non-hydrogen) atoms. The van der Waals surface area contributed by atoms with E-state index in [1.165, 1.54) is 0 Å². The van der Waals surface area contributed by atoms with E-state index in [2.05, 4.69) is 35.6 Å². The SMILES string of the molecule is CC(C)(C)[SH](Br)c1ccccc1[N+](=O)[O-]. The Morgan fingerprint density at radius 3 is 2.33 bits per heavy atom. The largest absolute Gasteiger partial charge is 0.281 e. The van der Waals surface area contributed by atoms with Gasteiger partial charge >= 0.3 is 0 Å². The van der Waals surface area contributed by atoms with Crippen molar-refractivity contribution in [3.63, 3.8) is 0 Å². The number of nitro benzene ring substituents is 1. The molecule has 1 unspecified atom stereocenters. The van der Waals surface area contributed by atoms with Crippen LogP contribution in [0.25, 0.3) is 0 Å². The molecule has 1 rings (SSSR count). The third-order valence-electron chi connectivity index (χ3n) is 1.88. The number of benzene rings is 1. The van der Waals surface area contributed by atoms with Crippen LogP contribution in [0.1, 0.15) is 20.8 Å². The van der Waals surface area contributed by atoms with Crippen molar-refractivity contribution < 1.29 is 4.92 Å². The standard InChI is InChI=1S/C10H14BrNO2S/c1-10(2,3)15(11)9-7-5-4-6-8(9)12(13)14/h4-7,15H,1-3H3. The number of hydrogen-bond donors (Lipinski definition) is 1. The Kier molecular flexibility index (Phi) is 3.78. The van der Waals surface area contributed by atoms with Gasteiger partial charge in [-0.15, -0.1) is 0 Å². The van der Waals surface area contributed by atoms with Crippen LogP contribution >= 0.6 is 24.1 Å². The molecule has 0 heterocycles. The lowest BCUT2D eigenvalue weighted by molar-refractivity contribution is -0.387. The minimum atomic E-state index is -0.699. The van der Waals surface area contributed by atoms with Gasteiger partial charge in [-0.05, 0) is 20.9 Å². The molecule has 1 aromatic rings. The van der Waals surface area contributed by atoms with Crippen LogP contribution in [0.5, 0.6) is 0 Å². The molecule has 5 heteroatoms. The van der Waals surface area contributed by atoms with Crippen LogP contribution in [-0.2, 0) is 0 Å². The number of thiol groups is 1. The van der Waals surface area contributed by atoms with Crippen molar-refractivity contribution >= 4 is 29.8 Å². The first-order valence-corrected chi connectivity index (χ1v) is 7.89. The van der Waals surface area contributed by atoms with E-state index in [9.17, 15) is 10.1 Å². The lowest BCUT2D eigenvalue weighted by atomic mass is 10.3. The topological polar surface area (TPSA) is 43.1 Å².